The predicted molar refractivity (Wildman–Crippen MR) is 67.6 cm³/mol. The molecule has 0 amide bonds. The van der Waals surface area contributed by atoms with Crippen LogP contribution in [-0.2, 0) is 16.6 Å². The normalized spacial score (nSPS) is 19.4. The molecule has 0 bridgehead atoms. The Morgan fingerprint density at radius 3 is 2.65 bits per heavy atom. The Kier molecular flexibility index (Phi) is 4.33. The van der Waals surface area contributed by atoms with E-state index >= 15 is 0 Å². The summed E-state index contributed by atoms with van der Waals surface area (Å²) in [5, 5.41) is 7.09. The Balaban J connectivity index is 0.00000144. The second-order valence-corrected chi connectivity index (χ2v) is 5.37. The first-order valence-corrected chi connectivity index (χ1v) is 5.69. The highest BCUT2D eigenvalue weighted by Crippen LogP contribution is 2.22. The fraction of sp³-hybridized carbons (Fsp3) is 0.667. The SMILES string of the molecule is CC(C)(C)c1cc(CC(=O)[C@@H]2CCN2)on1.Cl. The van der Waals surface area contributed by atoms with Crippen LogP contribution >= 0.6 is 12.4 Å². The summed E-state index contributed by atoms with van der Waals surface area (Å²) in [6, 6.07) is 1.92. The van der Waals surface area contributed by atoms with Crippen molar-refractivity contribution in [1.82, 2.24) is 10.5 Å². The zero-order chi connectivity index (χ0) is 11.8. The second kappa shape index (κ2) is 5.19. The van der Waals surface area contributed by atoms with Crippen molar-refractivity contribution in [1.29, 1.82) is 0 Å². The van der Waals surface area contributed by atoms with Gasteiger partial charge in [0.25, 0.3) is 0 Å². The van der Waals surface area contributed by atoms with E-state index < -0.39 is 0 Å². The Labute approximate surface area is 108 Å². The molecule has 0 spiro atoms. The van der Waals surface area contributed by atoms with Crippen LogP contribution in [0, 0.1) is 0 Å². The summed E-state index contributed by atoms with van der Waals surface area (Å²) < 4.78 is 5.18. The molecule has 1 saturated heterocycles. The van der Waals surface area contributed by atoms with Crippen molar-refractivity contribution < 1.29 is 9.32 Å². The summed E-state index contributed by atoms with van der Waals surface area (Å²) in [5.41, 5.74) is 0.872. The maximum Gasteiger partial charge on any atom is 0.157 e. The third-order valence-corrected chi connectivity index (χ3v) is 2.89. The van der Waals surface area contributed by atoms with Crippen molar-refractivity contribution in [3.8, 4) is 0 Å². The number of Topliss-reactive ketones (excluding diaryl/α,β-unsaturated/α-hetero) is 1. The van der Waals surface area contributed by atoms with Crippen LogP contribution in [0.5, 0.6) is 0 Å². The molecule has 2 rings (SSSR count). The van der Waals surface area contributed by atoms with Gasteiger partial charge in [-0.25, -0.2) is 0 Å². The van der Waals surface area contributed by atoms with Gasteiger partial charge >= 0.3 is 0 Å². The standard InChI is InChI=1S/C12H18N2O2.ClH/c1-12(2,3)11-7-8(16-14-11)6-10(15)9-4-5-13-9;/h7,9,13H,4-6H2,1-3H3;1H/t9-;/m0./s1. The summed E-state index contributed by atoms with van der Waals surface area (Å²) in [4.78, 5) is 11.7. The van der Waals surface area contributed by atoms with E-state index in [1.807, 2.05) is 6.07 Å². The highest BCUT2D eigenvalue weighted by molar-refractivity contribution is 5.86. The fourth-order valence-corrected chi connectivity index (χ4v) is 1.61. The number of halogens is 1. The number of carbonyl (C=O) groups excluding carboxylic acids is 1. The van der Waals surface area contributed by atoms with E-state index in [0.717, 1.165) is 18.7 Å². The van der Waals surface area contributed by atoms with Crippen molar-refractivity contribution in [3.05, 3.63) is 17.5 Å². The molecule has 96 valence electrons. The first-order valence-electron chi connectivity index (χ1n) is 5.69. The van der Waals surface area contributed by atoms with Gasteiger partial charge in [-0.05, 0) is 13.0 Å². The van der Waals surface area contributed by atoms with Gasteiger partial charge < -0.3 is 9.84 Å². The van der Waals surface area contributed by atoms with E-state index in [-0.39, 0.29) is 29.6 Å². The van der Waals surface area contributed by atoms with Crippen LogP contribution in [0.15, 0.2) is 10.6 Å². The Hall–Kier alpha value is -0.870. The molecule has 17 heavy (non-hydrogen) atoms. The lowest BCUT2D eigenvalue weighted by atomic mass is 9.91. The average Bonchev–Trinajstić information content (AvgIpc) is 2.47. The molecule has 1 fully saturated rings. The number of hydrogen-bond donors (Lipinski definition) is 1. The maximum absolute atomic E-state index is 11.7. The molecule has 0 aromatic carbocycles. The lowest BCUT2D eigenvalue weighted by Crippen LogP contribution is -2.49. The Morgan fingerprint density at radius 2 is 2.24 bits per heavy atom. The quantitative estimate of drug-likeness (QED) is 0.899. The maximum atomic E-state index is 11.7. The van der Waals surface area contributed by atoms with Gasteiger partial charge in [0.05, 0.1) is 18.2 Å². The average molecular weight is 259 g/mol. The molecule has 0 aliphatic carbocycles. The summed E-state index contributed by atoms with van der Waals surface area (Å²) in [6.45, 7) is 7.16. The molecular formula is C12H19ClN2O2. The summed E-state index contributed by atoms with van der Waals surface area (Å²) in [7, 11) is 0. The molecule has 1 aliphatic rings. The summed E-state index contributed by atoms with van der Waals surface area (Å²) in [6.07, 6.45) is 1.29. The third kappa shape index (κ3) is 3.30. The zero-order valence-electron chi connectivity index (χ0n) is 10.4. The van der Waals surface area contributed by atoms with Crippen LogP contribution in [-0.4, -0.2) is 23.5 Å². The molecule has 1 aromatic heterocycles. The number of carbonyl (C=O) groups is 1. The van der Waals surface area contributed by atoms with Gasteiger partial charge in [-0.3, -0.25) is 4.79 Å². The van der Waals surface area contributed by atoms with Gasteiger partial charge in [0, 0.05) is 11.5 Å². The molecule has 0 saturated carbocycles. The van der Waals surface area contributed by atoms with E-state index in [1.54, 1.807) is 0 Å². The van der Waals surface area contributed by atoms with Crippen molar-refractivity contribution >= 4 is 18.2 Å². The molecular weight excluding hydrogens is 240 g/mol. The monoisotopic (exact) mass is 258 g/mol. The third-order valence-electron chi connectivity index (χ3n) is 2.89. The van der Waals surface area contributed by atoms with Crippen molar-refractivity contribution in [2.24, 2.45) is 0 Å². The van der Waals surface area contributed by atoms with E-state index in [2.05, 4.69) is 31.2 Å². The van der Waals surface area contributed by atoms with E-state index in [0.29, 0.717) is 12.2 Å². The highest BCUT2D eigenvalue weighted by atomic mass is 35.5. The van der Waals surface area contributed by atoms with Gasteiger partial charge in [-0.1, -0.05) is 25.9 Å². The molecule has 1 atom stereocenters. The van der Waals surface area contributed by atoms with Crippen molar-refractivity contribution in [2.45, 2.75) is 45.1 Å². The molecule has 1 N–H and O–H groups in total. The van der Waals surface area contributed by atoms with Crippen molar-refractivity contribution in [2.75, 3.05) is 6.54 Å². The number of nitrogens with one attached hydrogen (secondary N) is 1. The first kappa shape index (κ1) is 14.2. The molecule has 1 aliphatic heterocycles. The number of ketones is 1. The van der Waals surface area contributed by atoms with Crippen LogP contribution < -0.4 is 5.32 Å². The number of nitrogens with zero attached hydrogens (tertiary/aromatic N) is 1. The van der Waals surface area contributed by atoms with Crippen LogP contribution in [0.4, 0.5) is 0 Å². The van der Waals surface area contributed by atoms with Gasteiger partial charge in [0.2, 0.25) is 0 Å². The zero-order valence-corrected chi connectivity index (χ0v) is 11.3. The second-order valence-electron chi connectivity index (χ2n) is 5.37. The van der Waals surface area contributed by atoms with Gasteiger partial charge in [-0.15, -0.1) is 12.4 Å². The Morgan fingerprint density at radius 1 is 1.59 bits per heavy atom. The molecule has 1 aromatic rings. The van der Waals surface area contributed by atoms with Crippen molar-refractivity contribution in [3.63, 3.8) is 0 Å². The molecule has 0 radical (unpaired) electrons. The minimum Gasteiger partial charge on any atom is -0.361 e. The largest absolute Gasteiger partial charge is 0.361 e. The number of rotatable bonds is 3. The number of hydrogen-bond acceptors (Lipinski definition) is 4. The van der Waals surface area contributed by atoms with E-state index in [9.17, 15) is 4.79 Å². The lowest BCUT2D eigenvalue weighted by Gasteiger charge is -2.25. The minimum atomic E-state index is -0.0283. The van der Waals surface area contributed by atoms with Gasteiger partial charge in [0.1, 0.15) is 5.76 Å². The molecule has 2 heterocycles. The van der Waals surface area contributed by atoms with Crippen LogP contribution in [0.2, 0.25) is 0 Å². The van der Waals surface area contributed by atoms with Gasteiger partial charge in [0.15, 0.2) is 5.78 Å². The topological polar surface area (TPSA) is 55.1 Å². The lowest BCUT2D eigenvalue weighted by molar-refractivity contribution is -0.122. The van der Waals surface area contributed by atoms with Crippen LogP contribution in [0.1, 0.15) is 38.6 Å². The van der Waals surface area contributed by atoms with Gasteiger partial charge in [-0.2, -0.15) is 0 Å². The fourth-order valence-electron chi connectivity index (χ4n) is 1.61. The highest BCUT2D eigenvalue weighted by Gasteiger charge is 2.26. The molecule has 5 heteroatoms. The summed E-state index contributed by atoms with van der Waals surface area (Å²) in [5.74, 6) is 0.867. The van der Waals surface area contributed by atoms with Crippen LogP contribution in [0.25, 0.3) is 0 Å². The minimum absolute atomic E-state index is 0. The Bertz CT molecular complexity index is 391. The van der Waals surface area contributed by atoms with E-state index in [4.69, 9.17) is 4.52 Å². The predicted octanol–water partition coefficient (Wildman–Crippen LogP) is 1.87. The first-order chi connectivity index (χ1) is 7.47. The molecule has 4 nitrogen and oxygen atoms in total. The number of aromatic nitrogens is 1. The smallest absolute Gasteiger partial charge is 0.157 e. The molecule has 0 unspecified atom stereocenters. The summed E-state index contributed by atoms with van der Waals surface area (Å²) >= 11 is 0. The van der Waals surface area contributed by atoms with Crippen LogP contribution in [0.3, 0.4) is 0 Å². The van der Waals surface area contributed by atoms with E-state index in [1.165, 1.54) is 0 Å².